The average molecular weight is 363 g/mol. The SMILES string of the molecule is COc1ccc(C(=O)[O-])cc1NS(=O)(=O)c1ccc2[nH]c(=O)oc2c1. The number of oxazole rings is 1. The molecule has 0 atom stereocenters. The lowest BCUT2D eigenvalue weighted by atomic mass is 10.2. The van der Waals surface area contributed by atoms with Crippen LogP contribution in [0.25, 0.3) is 11.1 Å². The van der Waals surface area contributed by atoms with Crippen molar-refractivity contribution in [1.82, 2.24) is 4.98 Å². The minimum atomic E-state index is -4.09. The Balaban J connectivity index is 2.04. The minimum absolute atomic E-state index is 0.0696. The lowest BCUT2D eigenvalue weighted by molar-refractivity contribution is -0.255. The molecule has 2 aromatic carbocycles. The van der Waals surface area contributed by atoms with Crippen molar-refractivity contribution < 1.29 is 27.5 Å². The summed E-state index contributed by atoms with van der Waals surface area (Å²) in [6.07, 6.45) is 0. The molecule has 130 valence electrons. The number of hydrogen-bond donors (Lipinski definition) is 2. The van der Waals surface area contributed by atoms with Crippen LogP contribution >= 0.6 is 0 Å². The number of carbonyl (C=O) groups excluding carboxylic acids is 1. The highest BCUT2D eigenvalue weighted by molar-refractivity contribution is 7.92. The van der Waals surface area contributed by atoms with Crippen LogP contribution in [0.15, 0.2) is 50.5 Å². The van der Waals surface area contributed by atoms with Gasteiger partial charge in [-0.25, -0.2) is 13.2 Å². The van der Waals surface area contributed by atoms with Crippen molar-refractivity contribution in [2.45, 2.75) is 4.90 Å². The van der Waals surface area contributed by atoms with Gasteiger partial charge in [0.1, 0.15) is 5.75 Å². The second-order valence-electron chi connectivity index (χ2n) is 4.98. The summed E-state index contributed by atoms with van der Waals surface area (Å²) >= 11 is 0. The molecule has 25 heavy (non-hydrogen) atoms. The summed E-state index contributed by atoms with van der Waals surface area (Å²) in [6, 6.07) is 7.43. The van der Waals surface area contributed by atoms with E-state index in [0.717, 1.165) is 6.07 Å². The van der Waals surface area contributed by atoms with E-state index in [2.05, 4.69) is 9.71 Å². The maximum absolute atomic E-state index is 12.5. The summed E-state index contributed by atoms with van der Waals surface area (Å²) in [6.45, 7) is 0. The first kappa shape index (κ1) is 16.6. The third-order valence-corrected chi connectivity index (χ3v) is 4.75. The Bertz CT molecular complexity index is 1130. The number of anilines is 1. The summed E-state index contributed by atoms with van der Waals surface area (Å²) in [5.41, 5.74) is 0.134. The fourth-order valence-electron chi connectivity index (χ4n) is 2.21. The highest BCUT2D eigenvalue weighted by Crippen LogP contribution is 2.28. The van der Waals surface area contributed by atoms with Crippen LogP contribution < -0.4 is 20.3 Å². The van der Waals surface area contributed by atoms with Gasteiger partial charge in [0.05, 0.1) is 29.2 Å². The number of carboxylic acid groups (broad SMARTS) is 1. The van der Waals surface area contributed by atoms with Crippen LogP contribution in [0.4, 0.5) is 5.69 Å². The van der Waals surface area contributed by atoms with Crippen molar-refractivity contribution in [3.05, 3.63) is 52.5 Å². The molecule has 0 amide bonds. The number of ether oxygens (including phenoxy) is 1. The standard InChI is InChI=1S/C15H12N2O7S/c1-23-12-5-2-8(14(18)19)6-11(12)17-25(21,22)9-3-4-10-13(7-9)24-15(20)16-10/h2-7,17H,1H3,(H,16,20)(H,18,19)/p-1. The lowest BCUT2D eigenvalue weighted by Crippen LogP contribution is -2.22. The number of fused-ring (bicyclic) bond motifs is 1. The summed E-state index contributed by atoms with van der Waals surface area (Å²) < 4.78 is 37.2. The number of aromatic nitrogens is 1. The number of H-pyrrole nitrogens is 1. The number of benzene rings is 2. The second kappa shape index (κ2) is 5.98. The molecule has 0 fully saturated rings. The highest BCUT2D eigenvalue weighted by atomic mass is 32.2. The molecule has 0 unspecified atom stereocenters. The van der Waals surface area contributed by atoms with Gasteiger partial charge in [-0.05, 0) is 35.9 Å². The Morgan fingerprint density at radius 1 is 1.24 bits per heavy atom. The van der Waals surface area contributed by atoms with E-state index in [0.29, 0.717) is 5.52 Å². The number of sulfonamides is 1. The molecular weight excluding hydrogens is 352 g/mol. The molecule has 0 bridgehead atoms. The molecule has 1 heterocycles. The molecule has 10 heteroatoms. The van der Waals surface area contributed by atoms with Crippen molar-refractivity contribution in [2.75, 3.05) is 11.8 Å². The average Bonchev–Trinajstić information content (AvgIpc) is 2.93. The molecule has 0 saturated heterocycles. The summed E-state index contributed by atoms with van der Waals surface area (Å²) in [7, 11) is -2.78. The van der Waals surface area contributed by atoms with Crippen LogP contribution in [0.5, 0.6) is 5.75 Å². The molecule has 0 aliphatic rings. The van der Waals surface area contributed by atoms with Crippen LogP contribution in [0.3, 0.4) is 0 Å². The van der Waals surface area contributed by atoms with E-state index in [1.807, 2.05) is 0 Å². The van der Waals surface area contributed by atoms with Gasteiger partial charge in [-0.1, -0.05) is 0 Å². The quantitative estimate of drug-likeness (QED) is 0.663. The molecule has 1 aromatic heterocycles. The fraction of sp³-hybridized carbons (Fsp3) is 0.0667. The molecule has 0 radical (unpaired) electrons. The van der Waals surface area contributed by atoms with Gasteiger partial charge in [-0.2, -0.15) is 0 Å². The predicted octanol–water partition coefficient (Wildman–Crippen LogP) is 0.294. The molecule has 3 aromatic rings. The van der Waals surface area contributed by atoms with Crippen molar-refractivity contribution in [1.29, 1.82) is 0 Å². The molecule has 0 saturated carbocycles. The van der Waals surface area contributed by atoms with E-state index in [9.17, 15) is 23.1 Å². The predicted molar refractivity (Wildman–Crippen MR) is 85.0 cm³/mol. The molecule has 0 spiro atoms. The van der Waals surface area contributed by atoms with Crippen LogP contribution in [-0.4, -0.2) is 26.5 Å². The van der Waals surface area contributed by atoms with Gasteiger partial charge in [0, 0.05) is 6.07 Å². The fourth-order valence-corrected chi connectivity index (χ4v) is 3.29. The number of hydrogen-bond acceptors (Lipinski definition) is 7. The van der Waals surface area contributed by atoms with E-state index in [1.165, 1.54) is 37.4 Å². The van der Waals surface area contributed by atoms with Crippen LogP contribution in [0.1, 0.15) is 10.4 Å². The van der Waals surface area contributed by atoms with Gasteiger partial charge in [0.25, 0.3) is 10.0 Å². The second-order valence-corrected chi connectivity index (χ2v) is 6.66. The Morgan fingerprint density at radius 2 is 2.00 bits per heavy atom. The zero-order valence-corrected chi connectivity index (χ0v) is 13.5. The first-order valence-corrected chi connectivity index (χ1v) is 8.33. The number of carboxylic acids is 1. The first-order valence-electron chi connectivity index (χ1n) is 6.85. The van der Waals surface area contributed by atoms with Crippen molar-refractivity contribution in [3.63, 3.8) is 0 Å². The maximum atomic E-state index is 12.5. The van der Waals surface area contributed by atoms with Crippen LogP contribution in [0, 0.1) is 0 Å². The monoisotopic (exact) mass is 363 g/mol. The van der Waals surface area contributed by atoms with Gasteiger partial charge >= 0.3 is 5.76 Å². The van der Waals surface area contributed by atoms with E-state index >= 15 is 0 Å². The normalized spacial score (nSPS) is 11.4. The molecule has 0 aliphatic heterocycles. The first-order chi connectivity index (χ1) is 11.8. The highest BCUT2D eigenvalue weighted by Gasteiger charge is 2.18. The third kappa shape index (κ3) is 3.19. The Morgan fingerprint density at radius 3 is 2.68 bits per heavy atom. The van der Waals surface area contributed by atoms with E-state index in [4.69, 9.17) is 9.15 Å². The number of aromatic amines is 1. The largest absolute Gasteiger partial charge is 0.545 e. The number of methoxy groups -OCH3 is 1. The van der Waals surface area contributed by atoms with Crippen LogP contribution in [-0.2, 0) is 10.0 Å². The molecule has 0 aliphatic carbocycles. The zero-order valence-electron chi connectivity index (χ0n) is 12.7. The summed E-state index contributed by atoms with van der Waals surface area (Å²) in [5, 5.41) is 11.0. The molecule has 3 rings (SSSR count). The minimum Gasteiger partial charge on any atom is -0.545 e. The molecular formula is C15H11N2O7S-. The number of rotatable bonds is 5. The van der Waals surface area contributed by atoms with E-state index in [-0.39, 0.29) is 27.5 Å². The van der Waals surface area contributed by atoms with Gasteiger partial charge in [0.15, 0.2) is 5.58 Å². The molecule has 2 N–H and O–H groups in total. The molecule has 9 nitrogen and oxygen atoms in total. The summed E-state index contributed by atoms with van der Waals surface area (Å²) in [4.78, 5) is 24.3. The van der Waals surface area contributed by atoms with Gasteiger partial charge in [-0.3, -0.25) is 9.71 Å². The van der Waals surface area contributed by atoms with E-state index in [1.54, 1.807) is 0 Å². The van der Waals surface area contributed by atoms with Gasteiger partial charge < -0.3 is 19.1 Å². The van der Waals surface area contributed by atoms with Crippen molar-refractivity contribution in [2.24, 2.45) is 0 Å². The number of carbonyl (C=O) groups is 1. The van der Waals surface area contributed by atoms with Crippen molar-refractivity contribution in [3.8, 4) is 5.75 Å². The Labute approximate surface area is 140 Å². The maximum Gasteiger partial charge on any atom is 0.417 e. The van der Waals surface area contributed by atoms with Gasteiger partial charge in [0.2, 0.25) is 0 Å². The number of nitrogens with one attached hydrogen (secondary N) is 2. The smallest absolute Gasteiger partial charge is 0.417 e. The number of aromatic carboxylic acids is 1. The zero-order chi connectivity index (χ0) is 18.2. The lowest BCUT2D eigenvalue weighted by Gasteiger charge is -2.13. The topological polar surface area (TPSA) is 142 Å². The Hall–Kier alpha value is -3.27. The summed E-state index contributed by atoms with van der Waals surface area (Å²) in [5.74, 6) is -2.04. The van der Waals surface area contributed by atoms with Gasteiger partial charge in [-0.15, -0.1) is 0 Å². The van der Waals surface area contributed by atoms with E-state index < -0.39 is 21.7 Å². The Kier molecular flexibility index (Phi) is 3.97. The van der Waals surface area contributed by atoms with Crippen LogP contribution in [0.2, 0.25) is 0 Å². The third-order valence-electron chi connectivity index (χ3n) is 3.38. The van der Waals surface area contributed by atoms with Crippen molar-refractivity contribution >= 4 is 32.8 Å².